The maximum absolute atomic E-state index is 12.0. The minimum Gasteiger partial charge on any atom is -0.457 e. The first-order valence-electron chi connectivity index (χ1n) is 8.03. The number of non-ortho nitro benzene ring substituents is 1. The molecule has 2 heterocycles. The first-order chi connectivity index (χ1) is 13.1. The molecule has 1 aromatic heterocycles. The van der Waals surface area contributed by atoms with Gasteiger partial charge >= 0.3 is 5.97 Å². The SMILES string of the molecule is O=C1ON=C(c2ccccc2)/C1=C/c1ccc(-c2cccc([N+](=O)[O-])c2)o1. The highest BCUT2D eigenvalue weighted by molar-refractivity contribution is 6.31. The summed E-state index contributed by atoms with van der Waals surface area (Å²) in [6.07, 6.45) is 1.54. The van der Waals surface area contributed by atoms with Crippen molar-refractivity contribution in [2.45, 2.75) is 0 Å². The average molecular weight is 360 g/mol. The van der Waals surface area contributed by atoms with E-state index in [0.29, 0.717) is 22.8 Å². The summed E-state index contributed by atoms with van der Waals surface area (Å²) >= 11 is 0. The van der Waals surface area contributed by atoms with E-state index in [4.69, 9.17) is 9.25 Å². The van der Waals surface area contributed by atoms with E-state index in [2.05, 4.69) is 5.16 Å². The van der Waals surface area contributed by atoms with Gasteiger partial charge in [0.1, 0.15) is 17.2 Å². The summed E-state index contributed by atoms with van der Waals surface area (Å²) in [5.74, 6) is 0.297. The molecule has 132 valence electrons. The number of nitrogens with zero attached hydrogens (tertiary/aromatic N) is 2. The van der Waals surface area contributed by atoms with Crippen LogP contribution >= 0.6 is 0 Å². The number of oxime groups is 1. The molecule has 0 bridgehead atoms. The summed E-state index contributed by atoms with van der Waals surface area (Å²) in [5, 5.41) is 14.8. The van der Waals surface area contributed by atoms with E-state index in [1.165, 1.54) is 12.1 Å². The van der Waals surface area contributed by atoms with Gasteiger partial charge < -0.3 is 9.25 Å². The number of nitro groups is 1. The molecular weight excluding hydrogens is 348 g/mol. The standard InChI is InChI=1S/C20H12N2O5/c23-20-17(19(21-27-20)13-5-2-1-3-6-13)12-16-9-10-18(26-16)14-7-4-8-15(11-14)22(24)25/h1-12H/b17-12-. The van der Waals surface area contributed by atoms with Gasteiger partial charge in [-0.05, 0) is 18.2 Å². The molecule has 0 spiro atoms. The van der Waals surface area contributed by atoms with Gasteiger partial charge in [0.25, 0.3) is 5.69 Å². The van der Waals surface area contributed by atoms with Crippen LogP contribution in [0.2, 0.25) is 0 Å². The number of hydrogen-bond acceptors (Lipinski definition) is 6. The second-order valence-corrected chi connectivity index (χ2v) is 5.75. The van der Waals surface area contributed by atoms with E-state index in [0.717, 1.165) is 5.56 Å². The molecule has 4 rings (SSSR count). The van der Waals surface area contributed by atoms with E-state index in [-0.39, 0.29) is 11.3 Å². The van der Waals surface area contributed by atoms with Gasteiger partial charge in [0, 0.05) is 23.3 Å². The largest absolute Gasteiger partial charge is 0.457 e. The van der Waals surface area contributed by atoms with Crippen molar-refractivity contribution in [3.05, 3.63) is 93.7 Å². The van der Waals surface area contributed by atoms with Crippen molar-refractivity contribution in [2.24, 2.45) is 5.16 Å². The minimum atomic E-state index is -0.567. The Morgan fingerprint density at radius 3 is 2.52 bits per heavy atom. The Morgan fingerprint density at radius 1 is 0.963 bits per heavy atom. The average Bonchev–Trinajstić information content (AvgIpc) is 3.30. The predicted molar refractivity (Wildman–Crippen MR) is 97.8 cm³/mol. The van der Waals surface area contributed by atoms with Crippen LogP contribution < -0.4 is 0 Å². The molecule has 7 nitrogen and oxygen atoms in total. The maximum atomic E-state index is 12.0. The van der Waals surface area contributed by atoms with Crippen LogP contribution in [0.1, 0.15) is 11.3 Å². The second kappa shape index (κ2) is 6.72. The van der Waals surface area contributed by atoms with Crippen LogP contribution in [-0.4, -0.2) is 16.6 Å². The Balaban J connectivity index is 1.67. The van der Waals surface area contributed by atoms with Gasteiger partial charge in [0.2, 0.25) is 0 Å². The number of furan rings is 1. The molecule has 0 aliphatic carbocycles. The normalized spacial score (nSPS) is 14.9. The summed E-state index contributed by atoms with van der Waals surface area (Å²) in [7, 11) is 0. The molecule has 0 radical (unpaired) electrons. The number of carbonyl (C=O) groups excluding carboxylic acids is 1. The summed E-state index contributed by atoms with van der Waals surface area (Å²) in [6.45, 7) is 0. The van der Waals surface area contributed by atoms with Crippen molar-refractivity contribution in [2.75, 3.05) is 0 Å². The van der Waals surface area contributed by atoms with Crippen LogP contribution in [0.15, 0.2) is 81.9 Å². The third-order valence-electron chi connectivity index (χ3n) is 4.00. The van der Waals surface area contributed by atoms with Gasteiger partial charge in [-0.2, -0.15) is 0 Å². The molecule has 27 heavy (non-hydrogen) atoms. The van der Waals surface area contributed by atoms with E-state index < -0.39 is 10.9 Å². The van der Waals surface area contributed by atoms with Gasteiger partial charge in [-0.15, -0.1) is 0 Å². The van der Waals surface area contributed by atoms with E-state index >= 15 is 0 Å². The highest BCUT2D eigenvalue weighted by Crippen LogP contribution is 2.28. The molecular formula is C20H12N2O5. The third-order valence-corrected chi connectivity index (χ3v) is 4.00. The fourth-order valence-electron chi connectivity index (χ4n) is 2.71. The van der Waals surface area contributed by atoms with Crippen LogP contribution in [0.25, 0.3) is 17.4 Å². The lowest BCUT2D eigenvalue weighted by Crippen LogP contribution is -2.06. The number of rotatable bonds is 4. The predicted octanol–water partition coefficient (Wildman–Crippen LogP) is 4.20. The van der Waals surface area contributed by atoms with Crippen molar-refractivity contribution in [3.63, 3.8) is 0 Å². The summed E-state index contributed by atoms with van der Waals surface area (Å²) in [5.41, 5.74) is 2.00. The van der Waals surface area contributed by atoms with Gasteiger partial charge in [-0.1, -0.05) is 47.6 Å². The lowest BCUT2D eigenvalue weighted by atomic mass is 10.0. The monoisotopic (exact) mass is 360 g/mol. The Morgan fingerprint density at radius 2 is 1.74 bits per heavy atom. The summed E-state index contributed by atoms with van der Waals surface area (Å²) < 4.78 is 5.74. The molecule has 1 aliphatic rings. The Labute approximate surface area is 153 Å². The van der Waals surface area contributed by atoms with Crippen LogP contribution in [0.4, 0.5) is 5.69 Å². The Bertz CT molecular complexity index is 1100. The van der Waals surface area contributed by atoms with Gasteiger partial charge in [-0.25, -0.2) is 4.79 Å². The lowest BCUT2D eigenvalue weighted by molar-refractivity contribution is -0.384. The molecule has 0 saturated heterocycles. The second-order valence-electron chi connectivity index (χ2n) is 5.75. The fraction of sp³-hybridized carbons (Fsp3) is 0. The third kappa shape index (κ3) is 3.25. The number of carbonyl (C=O) groups is 1. The first-order valence-corrected chi connectivity index (χ1v) is 8.03. The molecule has 0 unspecified atom stereocenters. The van der Waals surface area contributed by atoms with Crippen molar-refractivity contribution in [1.29, 1.82) is 0 Å². The minimum absolute atomic E-state index is 0.0262. The molecule has 2 aromatic carbocycles. The number of benzene rings is 2. The van der Waals surface area contributed by atoms with Crippen LogP contribution in [0.3, 0.4) is 0 Å². The quantitative estimate of drug-likeness (QED) is 0.301. The molecule has 0 N–H and O–H groups in total. The Hall–Kier alpha value is -4.00. The number of hydrogen-bond donors (Lipinski definition) is 0. The van der Waals surface area contributed by atoms with E-state index in [1.807, 2.05) is 30.3 Å². The molecule has 0 atom stereocenters. The van der Waals surface area contributed by atoms with Crippen LogP contribution in [0.5, 0.6) is 0 Å². The van der Waals surface area contributed by atoms with Gasteiger partial charge in [0.15, 0.2) is 0 Å². The number of nitro benzene ring substituents is 1. The fourth-order valence-corrected chi connectivity index (χ4v) is 2.71. The summed E-state index contributed by atoms with van der Waals surface area (Å²) in [6, 6.07) is 18.7. The Kier molecular flexibility index (Phi) is 4.10. The smallest absolute Gasteiger partial charge is 0.368 e. The van der Waals surface area contributed by atoms with Crippen LogP contribution in [0, 0.1) is 10.1 Å². The van der Waals surface area contributed by atoms with Crippen molar-refractivity contribution in [1.82, 2.24) is 0 Å². The zero-order valence-corrected chi connectivity index (χ0v) is 13.9. The lowest BCUT2D eigenvalue weighted by Gasteiger charge is -1.99. The maximum Gasteiger partial charge on any atom is 0.368 e. The van der Waals surface area contributed by atoms with Crippen LogP contribution in [-0.2, 0) is 9.63 Å². The molecule has 3 aromatic rings. The van der Waals surface area contributed by atoms with Gasteiger partial charge in [-0.3, -0.25) is 10.1 Å². The molecule has 0 saturated carbocycles. The first kappa shape index (κ1) is 16.5. The van der Waals surface area contributed by atoms with E-state index in [1.54, 1.807) is 30.3 Å². The summed E-state index contributed by atoms with van der Waals surface area (Å²) in [4.78, 5) is 27.3. The molecule has 0 fully saturated rings. The van der Waals surface area contributed by atoms with E-state index in [9.17, 15) is 14.9 Å². The molecule has 0 amide bonds. The molecule has 7 heteroatoms. The van der Waals surface area contributed by atoms with Crippen molar-refractivity contribution >= 4 is 23.4 Å². The highest BCUT2D eigenvalue weighted by Gasteiger charge is 2.27. The van der Waals surface area contributed by atoms with Gasteiger partial charge in [0.05, 0.1) is 10.5 Å². The van der Waals surface area contributed by atoms with Crippen molar-refractivity contribution in [3.8, 4) is 11.3 Å². The zero-order chi connectivity index (χ0) is 18.8. The van der Waals surface area contributed by atoms with Crippen molar-refractivity contribution < 1.29 is 19.0 Å². The zero-order valence-electron chi connectivity index (χ0n) is 13.9. The highest BCUT2D eigenvalue weighted by atomic mass is 16.7. The molecule has 1 aliphatic heterocycles. The topological polar surface area (TPSA) is 94.9 Å².